The molecular formula is C12H15ClN4O2S. The molecule has 0 saturated heterocycles. The van der Waals surface area contributed by atoms with Gasteiger partial charge in [0.15, 0.2) is 0 Å². The van der Waals surface area contributed by atoms with E-state index in [1.807, 2.05) is 0 Å². The van der Waals surface area contributed by atoms with E-state index in [1.165, 1.54) is 12.1 Å². The molecule has 0 bridgehead atoms. The van der Waals surface area contributed by atoms with Crippen molar-refractivity contribution in [1.29, 1.82) is 0 Å². The highest BCUT2D eigenvalue weighted by Crippen LogP contribution is 2.26. The van der Waals surface area contributed by atoms with E-state index in [-0.39, 0.29) is 4.90 Å². The maximum absolute atomic E-state index is 12.3. The zero-order valence-corrected chi connectivity index (χ0v) is 12.6. The van der Waals surface area contributed by atoms with Crippen LogP contribution in [0.15, 0.2) is 29.4 Å². The number of anilines is 1. The minimum absolute atomic E-state index is 0.0425. The van der Waals surface area contributed by atoms with Crippen LogP contribution in [0, 0.1) is 6.92 Å². The van der Waals surface area contributed by atoms with Crippen molar-refractivity contribution in [1.82, 2.24) is 14.9 Å². The summed E-state index contributed by atoms with van der Waals surface area (Å²) in [4.78, 5) is 0.0425. The first-order chi connectivity index (χ1) is 9.31. The summed E-state index contributed by atoms with van der Waals surface area (Å²) in [6.07, 6.45) is 3.19. The third-order valence-electron chi connectivity index (χ3n) is 3.02. The molecule has 0 radical (unpaired) electrons. The van der Waals surface area contributed by atoms with Gasteiger partial charge in [-0.1, -0.05) is 11.6 Å². The Hall–Kier alpha value is -1.57. The molecule has 0 fully saturated rings. The largest absolute Gasteiger partial charge is 0.398 e. The van der Waals surface area contributed by atoms with E-state index in [0.717, 1.165) is 5.56 Å². The van der Waals surface area contributed by atoms with Gasteiger partial charge in [-0.2, -0.15) is 5.10 Å². The SMILES string of the molecule is Cc1c(N)cc(S(=O)(=O)NC(C)c2cn[nH]c2)cc1Cl. The number of rotatable bonds is 4. The van der Waals surface area contributed by atoms with Crippen LogP contribution >= 0.6 is 11.6 Å². The Bertz CT molecular complexity index is 690. The van der Waals surface area contributed by atoms with Gasteiger partial charge in [-0.3, -0.25) is 5.10 Å². The maximum Gasteiger partial charge on any atom is 0.241 e. The lowest BCUT2D eigenvalue weighted by Gasteiger charge is -2.14. The number of aromatic amines is 1. The molecule has 0 saturated carbocycles. The number of aromatic nitrogens is 2. The zero-order valence-electron chi connectivity index (χ0n) is 11.0. The van der Waals surface area contributed by atoms with Gasteiger partial charge in [0.2, 0.25) is 10.0 Å². The summed E-state index contributed by atoms with van der Waals surface area (Å²) in [5.41, 5.74) is 7.49. The van der Waals surface area contributed by atoms with Crippen molar-refractivity contribution >= 4 is 27.3 Å². The van der Waals surface area contributed by atoms with E-state index in [0.29, 0.717) is 16.3 Å². The van der Waals surface area contributed by atoms with Crippen LogP contribution in [0.5, 0.6) is 0 Å². The Morgan fingerprint density at radius 2 is 2.15 bits per heavy atom. The molecule has 1 atom stereocenters. The number of nitrogens with one attached hydrogen (secondary N) is 2. The third kappa shape index (κ3) is 2.95. The summed E-state index contributed by atoms with van der Waals surface area (Å²) in [6, 6.07) is 2.36. The van der Waals surface area contributed by atoms with Gasteiger partial charge < -0.3 is 5.73 Å². The number of hydrogen-bond donors (Lipinski definition) is 3. The van der Waals surface area contributed by atoms with E-state index in [9.17, 15) is 8.42 Å². The predicted octanol–water partition coefficient (Wildman–Crippen LogP) is 1.99. The van der Waals surface area contributed by atoms with Gasteiger partial charge >= 0.3 is 0 Å². The van der Waals surface area contributed by atoms with Crippen molar-refractivity contribution < 1.29 is 8.42 Å². The van der Waals surface area contributed by atoms with Crippen molar-refractivity contribution in [3.05, 3.63) is 40.7 Å². The fraction of sp³-hybridized carbons (Fsp3) is 0.250. The van der Waals surface area contributed by atoms with Crippen LogP contribution in [-0.4, -0.2) is 18.6 Å². The van der Waals surface area contributed by atoms with Gasteiger partial charge in [0, 0.05) is 28.5 Å². The van der Waals surface area contributed by atoms with Gasteiger partial charge in [0.05, 0.1) is 11.1 Å². The average Bonchev–Trinajstić information content (AvgIpc) is 2.88. The van der Waals surface area contributed by atoms with E-state index in [2.05, 4.69) is 14.9 Å². The maximum atomic E-state index is 12.3. The zero-order chi connectivity index (χ0) is 14.9. The van der Waals surface area contributed by atoms with Crippen molar-refractivity contribution in [2.75, 3.05) is 5.73 Å². The molecular weight excluding hydrogens is 300 g/mol. The summed E-state index contributed by atoms with van der Waals surface area (Å²) in [5.74, 6) is 0. The monoisotopic (exact) mass is 314 g/mol. The molecule has 6 nitrogen and oxygen atoms in total. The fourth-order valence-electron chi connectivity index (χ4n) is 1.70. The molecule has 0 amide bonds. The average molecular weight is 315 g/mol. The third-order valence-corrected chi connectivity index (χ3v) is 4.93. The van der Waals surface area contributed by atoms with Gasteiger partial charge in [0.1, 0.15) is 0 Å². The highest BCUT2D eigenvalue weighted by Gasteiger charge is 2.20. The Labute approximate surface area is 122 Å². The van der Waals surface area contributed by atoms with Crippen LogP contribution < -0.4 is 10.5 Å². The van der Waals surface area contributed by atoms with Crippen molar-refractivity contribution in [2.45, 2.75) is 24.8 Å². The molecule has 1 aromatic heterocycles. The van der Waals surface area contributed by atoms with Gasteiger partial charge in [-0.05, 0) is 31.5 Å². The van der Waals surface area contributed by atoms with Crippen LogP contribution in [0.2, 0.25) is 5.02 Å². The number of nitrogens with zero attached hydrogens (tertiary/aromatic N) is 1. The Kier molecular flexibility index (Phi) is 4.03. The summed E-state index contributed by atoms with van der Waals surface area (Å²) >= 11 is 5.97. The number of nitrogen functional groups attached to an aromatic ring is 1. The molecule has 0 spiro atoms. The minimum atomic E-state index is -3.70. The molecule has 1 unspecified atom stereocenters. The van der Waals surface area contributed by atoms with E-state index in [1.54, 1.807) is 26.2 Å². The lowest BCUT2D eigenvalue weighted by atomic mass is 10.2. The van der Waals surface area contributed by atoms with E-state index >= 15 is 0 Å². The number of hydrogen-bond acceptors (Lipinski definition) is 4. The predicted molar refractivity (Wildman–Crippen MR) is 77.9 cm³/mol. The lowest BCUT2D eigenvalue weighted by Crippen LogP contribution is -2.26. The van der Waals surface area contributed by atoms with Crippen molar-refractivity contribution in [3.8, 4) is 0 Å². The highest BCUT2D eigenvalue weighted by molar-refractivity contribution is 7.89. The second-order valence-electron chi connectivity index (χ2n) is 4.49. The molecule has 1 aromatic carbocycles. The summed E-state index contributed by atoms with van der Waals surface area (Å²) in [5, 5.41) is 6.74. The Balaban J connectivity index is 2.31. The van der Waals surface area contributed by atoms with E-state index in [4.69, 9.17) is 17.3 Å². The van der Waals surface area contributed by atoms with Gasteiger partial charge in [-0.25, -0.2) is 13.1 Å². The number of H-pyrrole nitrogens is 1. The van der Waals surface area contributed by atoms with Crippen LogP contribution in [-0.2, 0) is 10.0 Å². The second-order valence-corrected chi connectivity index (χ2v) is 6.62. The number of sulfonamides is 1. The van der Waals surface area contributed by atoms with Crippen molar-refractivity contribution in [2.24, 2.45) is 0 Å². The molecule has 0 aliphatic heterocycles. The summed E-state index contributed by atoms with van der Waals surface area (Å²) in [6.45, 7) is 3.46. The molecule has 1 heterocycles. The fourth-order valence-corrected chi connectivity index (χ4v) is 3.28. The van der Waals surface area contributed by atoms with E-state index < -0.39 is 16.1 Å². The van der Waals surface area contributed by atoms with Crippen molar-refractivity contribution in [3.63, 3.8) is 0 Å². The number of halogens is 1. The first kappa shape index (κ1) is 14.8. The quantitative estimate of drug-likeness (QED) is 0.751. The molecule has 8 heteroatoms. The molecule has 2 aromatic rings. The summed E-state index contributed by atoms with van der Waals surface area (Å²) in [7, 11) is -3.70. The van der Waals surface area contributed by atoms with Crippen LogP contribution in [0.1, 0.15) is 24.1 Å². The normalized spacial score (nSPS) is 13.3. The van der Waals surface area contributed by atoms with Crippen LogP contribution in [0.4, 0.5) is 5.69 Å². The molecule has 20 heavy (non-hydrogen) atoms. The molecule has 108 valence electrons. The van der Waals surface area contributed by atoms with Crippen LogP contribution in [0.3, 0.4) is 0 Å². The number of benzene rings is 1. The topological polar surface area (TPSA) is 101 Å². The highest BCUT2D eigenvalue weighted by atomic mass is 35.5. The summed E-state index contributed by atoms with van der Waals surface area (Å²) < 4.78 is 27.1. The minimum Gasteiger partial charge on any atom is -0.398 e. The molecule has 0 aliphatic rings. The first-order valence-corrected chi connectivity index (χ1v) is 7.74. The van der Waals surface area contributed by atoms with Crippen LogP contribution in [0.25, 0.3) is 0 Å². The molecule has 2 rings (SSSR count). The Morgan fingerprint density at radius 1 is 1.45 bits per heavy atom. The first-order valence-electron chi connectivity index (χ1n) is 5.88. The standard InChI is InChI=1S/C12H15ClN4O2S/c1-7-11(13)3-10(4-12(7)14)20(18,19)17-8(2)9-5-15-16-6-9/h3-6,8,17H,14H2,1-2H3,(H,15,16). The second kappa shape index (κ2) is 5.43. The smallest absolute Gasteiger partial charge is 0.241 e. The lowest BCUT2D eigenvalue weighted by molar-refractivity contribution is 0.567. The number of nitrogens with two attached hydrogens (primary N) is 1. The molecule has 0 aliphatic carbocycles. The van der Waals surface area contributed by atoms with Gasteiger partial charge in [-0.15, -0.1) is 0 Å². The van der Waals surface area contributed by atoms with Gasteiger partial charge in [0.25, 0.3) is 0 Å². The Morgan fingerprint density at radius 3 is 2.70 bits per heavy atom. The molecule has 4 N–H and O–H groups in total.